The van der Waals surface area contributed by atoms with Gasteiger partial charge in [-0.25, -0.2) is 18.7 Å². The molecule has 11 heteroatoms. The zero-order chi connectivity index (χ0) is 28.0. The highest BCUT2D eigenvalue weighted by Crippen LogP contribution is 2.36. The molecule has 0 bridgehead atoms. The molecule has 2 aliphatic rings. The molecule has 2 aromatic carbocycles. The Bertz CT molecular complexity index is 1570. The van der Waals surface area contributed by atoms with Crippen LogP contribution in [0.5, 0.6) is 0 Å². The van der Waals surface area contributed by atoms with Crippen LogP contribution in [0.2, 0.25) is 0 Å². The van der Waals surface area contributed by atoms with E-state index in [0.29, 0.717) is 65.6 Å². The van der Waals surface area contributed by atoms with E-state index in [1.165, 1.54) is 35.5 Å². The molecule has 208 valence electrons. The van der Waals surface area contributed by atoms with Crippen LogP contribution in [0.3, 0.4) is 0 Å². The topological polar surface area (TPSA) is 108 Å². The summed E-state index contributed by atoms with van der Waals surface area (Å²) in [5, 5.41) is 14.4. The van der Waals surface area contributed by atoms with Crippen molar-refractivity contribution >= 4 is 22.6 Å². The quantitative estimate of drug-likeness (QED) is 0.383. The van der Waals surface area contributed by atoms with Crippen LogP contribution in [-0.2, 0) is 0 Å². The van der Waals surface area contributed by atoms with Gasteiger partial charge in [0.25, 0.3) is 5.91 Å². The fourth-order valence-electron chi connectivity index (χ4n) is 5.54. The second-order valence-electron chi connectivity index (χ2n) is 10.8. The van der Waals surface area contributed by atoms with Gasteiger partial charge >= 0.3 is 0 Å². The number of rotatable bonds is 5. The molecule has 0 radical (unpaired) electrons. The second kappa shape index (κ2) is 10.5. The molecule has 0 aliphatic carbocycles. The first kappa shape index (κ1) is 26.2. The van der Waals surface area contributed by atoms with Gasteiger partial charge in [0.15, 0.2) is 5.82 Å². The van der Waals surface area contributed by atoms with E-state index in [1.54, 1.807) is 6.07 Å². The summed E-state index contributed by atoms with van der Waals surface area (Å²) in [6, 6.07) is 6.96. The summed E-state index contributed by atoms with van der Waals surface area (Å²) in [5.41, 5.74) is 1.23. The number of halogens is 2. The zero-order valence-corrected chi connectivity index (χ0v) is 22.3. The van der Waals surface area contributed by atoms with Gasteiger partial charge < -0.3 is 19.4 Å². The molecular formula is C29H30F2N6O3. The number of likely N-dealkylation sites (tertiary alicyclic amines) is 1. The molecule has 2 fully saturated rings. The number of aliphatic hydroxyl groups is 1. The molecule has 2 aliphatic heterocycles. The summed E-state index contributed by atoms with van der Waals surface area (Å²) >= 11 is 0. The van der Waals surface area contributed by atoms with Crippen molar-refractivity contribution in [2.75, 3.05) is 31.1 Å². The maximum absolute atomic E-state index is 15.2. The van der Waals surface area contributed by atoms with Crippen molar-refractivity contribution in [2.45, 2.75) is 51.0 Å². The fourth-order valence-corrected chi connectivity index (χ4v) is 5.54. The number of piperidine rings is 1. The number of benzene rings is 2. The SMILES string of the molecule is CC(C)c1nc(C2CCN(c3ncnc4c(-c5ccc(C(=O)N6CC[C@@H](O)C6)c(F)c5)cc(F)cc34)CC2)no1. The summed E-state index contributed by atoms with van der Waals surface area (Å²) in [5.74, 6) is 0.620. The van der Waals surface area contributed by atoms with Crippen LogP contribution in [0.25, 0.3) is 22.0 Å². The van der Waals surface area contributed by atoms with Crippen molar-refractivity contribution < 1.29 is 23.2 Å². The van der Waals surface area contributed by atoms with Crippen LogP contribution in [-0.4, -0.2) is 68.3 Å². The van der Waals surface area contributed by atoms with Crippen molar-refractivity contribution in [2.24, 2.45) is 0 Å². The normalized spacial score (nSPS) is 18.3. The molecule has 4 aromatic rings. The predicted octanol–water partition coefficient (Wildman–Crippen LogP) is 4.67. The lowest BCUT2D eigenvalue weighted by Crippen LogP contribution is -2.34. The minimum atomic E-state index is -0.709. The first-order chi connectivity index (χ1) is 19.3. The number of nitrogens with zero attached hydrogens (tertiary/aromatic N) is 6. The molecule has 0 unspecified atom stereocenters. The predicted molar refractivity (Wildman–Crippen MR) is 144 cm³/mol. The molecule has 0 spiro atoms. The number of aliphatic hydroxyl groups excluding tert-OH is 1. The lowest BCUT2D eigenvalue weighted by Gasteiger charge is -2.32. The van der Waals surface area contributed by atoms with E-state index in [0.717, 1.165) is 12.8 Å². The summed E-state index contributed by atoms with van der Waals surface area (Å²) < 4.78 is 35.5. The zero-order valence-electron chi connectivity index (χ0n) is 22.3. The van der Waals surface area contributed by atoms with Crippen LogP contribution < -0.4 is 4.90 Å². The summed E-state index contributed by atoms with van der Waals surface area (Å²) in [4.78, 5) is 29.8. The van der Waals surface area contributed by atoms with Crippen molar-refractivity contribution in [1.82, 2.24) is 25.0 Å². The Morgan fingerprint density at radius 2 is 1.88 bits per heavy atom. The van der Waals surface area contributed by atoms with Gasteiger partial charge in [0.2, 0.25) is 5.89 Å². The maximum atomic E-state index is 15.2. The van der Waals surface area contributed by atoms with Crippen LogP contribution in [0.4, 0.5) is 14.6 Å². The van der Waals surface area contributed by atoms with Gasteiger partial charge in [0.1, 0.15) is 23.8 Å². The summed E-state index contributed by atoms with van der Waals surface area (Å²) in [7, 11) is 0. The van der Waals surface area contributed by atoms with E-state index in [9.17, 15) is 14.3 Å². The number of β-amino-alcohol motifs (C(OH)–C–C–N with tert-alkyl or cyclic N) is 1. The third kappa shape index (κ3) is 4.90. The average molecular weight is 549 g/mol. The third-order valence-electron chi connectivity index (χ3n) is 7.75. The van der Waals surface area contributed by atoms with Gasteiger partial charge in [-0.1, -0.05) is 25.1 Å². The van der Waals surface area contributed by atoms with E-state index in [-0.39, 0.29) is 23.9 Å². The number of hydrogen-bond donors (Lipinski definition) is 1. The maximum Gasteiger partial charge on any atom is 0.256 e. The molecule has 6 rings (SSSR count). The van der Waals surface area contributed by atoms with E-state index < -0.39 is 23.6 Å². The molecule has 0 saturated carbocycles. The number of amides is 1. The summed E-state index contributed by atoms with van der Waals surface area (Å²) in [6.07, 6.45) is 2.89. The summed E-state index contributed by atoms with van der Waals surface area (Å²) in [6.45, 7) is 5.92. The fraction of sp³-hybridized carbons (Fsp3) is 0.414. The highest BCUT2D eigenvalue weighted by Gasteiger charge is 2.29. The van der Waals surface area contributed by atoms with Crippen LogP contribution in [0.15, 0.2) is 41.2 Å². The number of anilines is 1. The minimum absolute atomic E-state index is 0.0844. The molecule has 2 aromatic heterocycles. The molecule has 4 heterocycles. The smallest absolute Gasteiger partial charge is 0.256 e. The molecule has 1 N–H and O–H groups in total. The van der Waals surface area contributed by atoms with E-state index >= 15 is 4.39 Å². The first-order valence-corrected chi connectivity index (χ1v) is 13.6. The first-order valence-electron chi connectivity index (χ1n) is 13.6. The van der Waals surface area contributed by atoms with Crippen LogP contribution >= 0.6 is 0 Å². The van der Waals surface area contributed by atoms with Gasteiger partial charge in [-0.2, -0.15) is 4.98 Å². The number of carbonyl (C=O) groups excluding carboxylic acids is 1. The van der Waals surface area contributed by atoms with Crippen molar-refractivity contribution in [3.8, 4) is 11.1 Å². The van der Waals surface area contributed by atoms with E-state index in [1.807, 2.05) is 13.8 Å². The lowest BCUT2D eigenvalue weighted by atomic mass is 9.95. The highest BCUT2D eigenvalue weighted by atomic mass is 19.1. The van der Waals surface area contributed by atoms with Crippen molar-refractivity contribution in [3.63, 3.8) is 0 Å². The van der Waals surface area contributed by atoms with Crippen molar-refractivity contribution in [3.05, 3.63) is 65.6 Å². The van der Waals surface area contributed by atoms with E-state index in [4.69, 9.17) is 4.52 Å². The molecule has 9 nitrogen and oxygen atoms in total. The third-order valence-corrected chi connectivity index (χ3v) is 7.75. The largest absolute Gasteiger partial charge is 0.391 e. The van der Waals surface area contributed by atoms with Gasteiger partial charge in [-0.05, 0) is 49.1 Å². The van der Waals surface area contributed by atoms with Crippen LogP contribution in [0, 0.1) is 11.6 Å². The Balaban J connectivity index is 1.27. The molecule has 2 saturated heterocycles. The average Bonchev–Trinajstić information content (AvgIpc) is 3.62. The van der Waals surface area contributed by atoms with Gasteiger partial charge in [-0.15, -0.1) is 0 Å². The molecular weight excluding hydrogens is 518 g/mol. The molecule has 40 heavy (non-hydrogen) atoms. The van der Waals surface area contributed by atoms with Gasteiger partial charge in [-0.3, -0.25) is 4.79 Å². The molecule has 1 atom stereocenters. The lowest BCUT2D eigenvalue weighted by molar-refractivity contribution is 0.0760. The number of aromatic nitrogens is 4. The number of fused-ring (bicyclic) bond motifs is 1. The Hall–Kier alpha value is -3.99. The van der Waals surface area contributed by atoms with Crippen LogP contribution in [0.1, 0.15) is 67.0 Å². The standard InChI is InChI=1S/C29H30F2N6O3/c1-16(2)28-34-26(35-40-28)17-5-8-36(9-6-17)27-23-13-19(30)12-22(25(23)32-15-33-27)18-3-4-21(24(31)11-18)29(39)37-10-7-20(38)14-37/h3-4,11-13,15-17,20,38H,5-10,14H2,1-2H3/t20-/m1/s1. The Morgan fingerprint density at radius 1 is 1.07 bits per heavy atom. The van der Waals surface area contributed by atoms with E-state index in [2.05, 4.69) is 25.0 Å². The Labute approximate surface area is 229 Å². The second-order valence-corrected chi connectivity index (χ2v) is 10.8. The van der Waals surface area contributed by atoms with Gasteiger partial charge in [0.05, 0.1) is 17.2 Å². The minimum Gasteiger partial charge on any atom is -0.391 e. The monoisotopic (exact) mass is 548 g/mol. The van der Waals surface area contributed by atoms with Gasteiger partial charge in [0, 0.05) is 49.0 Å². The Morgan fingerprint density at radius 3 is 2.55 bits per heavy atom. The number of hydrogen-bond acceptors (Lipinski definition) is 8. The highest BCUT2D eigenvalue weighted by molar-refractivity contribution is 6.00. The molecule has 1 amide bonds. The number of carbonyl (C=O) groups is 1. The van der Waals surface area contributed by atoms with Crippen molar-refractivity contribution in [1.29, 1.82) is 0 Å². The Kier molecular flexibility index (Phi) is 6.91.